The average Bonchev–Trinajstić information content (AvgIpc) is 3.07. The first kappa shape index (κ1) is 20.4. The van der Waals surface area contributed by atoms with Crippen LogP contribution in [0.15, 0.2) is 41.4 Å². The normalized spacial score (nSPS) is 19.4. The lowest BCUT2D eigenvalue weighted by Gasteiger charge is -2.36. The molecule has 2 aromatic rings. The average molecular weight is 414 g/mol. The molecule has 1 fully saturated rings. The van der Waals surface area contributed by atoms with Gasteiger partial charge < -0.3 is 15.0 Å². The Morgan fingerprint density at radius 3 is 2.70 bits per heavy atom. The first-order valence-electron chi connectivity index (χ1n) is 9.96. The van der Waals surface area contributed by atoms with E-state index in [0.717, 1.165) is 32.7 Å². The van der Waals surface area contributed by atoms with E-state index in [1.54, 1.807) is 31.4 Å². The minimum absolute atomic E-state index is 0.273. The van der Waals surface area contributed by atoms with Gasteiger partial charge in [0.15, 0.2) is 0 Å². The van der Waals surface area contributed by atoms with E-state index < -0.39 is 11.7 Å². The van der Waals surface area contributed by atoms with E-state index >= 15 is 0 Å². The summed E-state index contributed by atoms with van der Waals surface area (Å²) in [5.41, 5.74) is 1.64. The highest BCUT2D eigenvalue weighted by Gasteiger charge is 2.31. The van der Waals surface area contributed by atoms with Gasteiger partial charge >= 0.3 is 0 Å². The molecule has 0 saturated carbocycles. The van der Waals surface area contributed by atoms with E-state index in [0.29, 0.717) is 23.7 Å². The van der Waals surface area contributed by atoms with Crippen LogP contribution in [0.25, 0.3) is 0 Å². The quantitative estimate of drug-likeness (QED) is 0.738. The van der Waals surface area contributed by atoms with E-state index in [-0.39, 0.29) is 17.3 Å². The molecular weight excluding hydrogens is 390 g/mol. The third-order valence-electron chi connectivity index (χ3n) is 5.53. The zero-order valence-corrected chi connectivity index (χ0v) is 16.8. The van der Waals surface area contributed by atoms with Gasteiger partial charge in [-0.1, -0.05) is 6.07 Å². The molecule has 0 aromatic heterocycles. The second-order valence-electron chi connectivity index (χ2n) is 7.40. The highest BCUT2D eigenvalue weighted by Crippen LogP contribution is 2.34. The van der Waals surface area contributed by atoms with Crippen LogP contribution in [0.3, 0.4) is 0 Å². The van der Waals surface area contributed by atoms with Gasteiger partial charge in [-0.05, 0) is 24.3 Å². The van der Waals surface area contributed by atoms with Gasteiger partial charge in [-0.2, -0.15) is 0 Å². The van der Waals surface area contributed by atoms with Crippen molar-refractivity contribution in [1.29, 1.82) is 0 Å². The summed E-state index contributed by atoms with van der Waals surface area (Å²) < 4.78 is 34.0. The summed E-state index contributed by atoms with van der Waals surface area (Å²) >= 11 is 0. The molecule has 0 aliphatic carbocycles. The summed E-state index contributed by atoms with van der Waals surface area (Å²) in [6.07, 6.45) is 1.37. The highest BCUT2D eigenvalue weighted by atomic mass is 19.1. The molecule has 0 radical (unpaired) electrons. The molecule has 8 heteroatoms. The fraction of sp³-hybridized carbons (Fsp3) is 0.364. The van der Waals surface area contributed by atoms with Crippen LogP contribution in [0.1, 0.15) is 11.5 Å². The third-order valence-corrected chi connectivity index (χ3v) is 5.53. The first-order valence-corrected chi connectivity index (χ1v) is 9.96. The lowest BCUT2D eigenvalue weighted by molar-refractivity contribution is -0.115. The predicted octanol–water partition coefficient (Wildman–Crippen LogP) is 3.17. The molecule has 30 heavy (non-hydrogen) atoms. The van der Waals surface area contributed by atoms with E-state index in [9.17, 15) is 13.6 Å². The van der Waals surface area contributed by atoms with E-state index in [1.807, 2.05) is 4.90 Å². The Balaban J connectivity index is 1.44. The van der Waals surface area contributed by atoms with Gasteiger partial charge in [0.1, 0.15) is 17.6 Å². The van der Waals surface area contributed by atoms with Crippen LogP contribution < -0.4 is 10.2 Å². The molecule has 1 amide bonds. The number of nitrogens with zero attached hydrogens (tertiary/aromatic N) is 3. The van der Waals surface area contributed by atoms with Crippen molar-refractivity contribution in [2.24, 2.45) is 4.99 Å². The Morgan fingerprint density at radius 1 is 1.17 bits per heavy atom. The maximum atomic E-state index is 14.7. The number of carbonyl (C=O) groups is 1. The summed E-state index contributed by atoms with van der Waals surface area (Å²) in [6, 6.07) is 9.26. The van der Waals surface area contributed by atoms with Crippen LogP contribution >= 0.6 is 0 Å². The number of aliphatic imine (C=N–C) groups is 1. The standard InChI is InChI=1S/C22H24F2N4O2/c1-30-12-11-27-7-9-28(10-8-27)20-6-5-15(13-18(20)24)25-14-16-21-17(23)3-2-4-19(21)26-22(16)29/h2-6,13-14,16H,7-12H2,1H3,(H,26,29). The molecule has 1 atom stereocenters. The highest BCUT2D eigenvalue weighted by molar-refractivity contribution is 6.12. The fourth-order valence-electron chi connectivity index (χ4n) is 3.87. The molecule has 2 aliphatic heterocycles. The van der Waals surface area contributed by atoms with Crippen molar-refractivity contribution in [2.45, 2.75) is 5.92 Å². The van der Waals surface area contributed by atoms with Crippen molar-refractivity contribution in [3.05, 3.63) is 53.6 Å². The van der Waals surface area contributed by atoms with Gasteiger partial charge in [-0.25, -0.2) is 8.78 Å². The minimum atomic E-state index is -0.830. The number of fused-ring (bicyclic) bond motifs is 1. The zero-order valence-electron chi connectivity index (χ0n) is 16.8. The molecule has 158 valence electrons. The second-order valence-corrected chi connectivity index (χ2v) is 7.40. The summed E-state index contributed by atoms with van der Waals surface area (Å²) in [4.78, 5) is 20.7. The van der Waals surface area contributed by atoms with Crippen molar-refractivity contribution in [3.8, 4) is 0 Å². The zero-order chi connectivity index (χ0) is 21.1. The number of amides is 1. The lowest BCUT2D eigenvalue weighted by Crippen LogP contribution is -2.47. The number of rotatable bonds is 6. The smallest absolute Gasteiger partial charge is 0.237 e. The molecular formula is C22H24F2N4O2. The predicted molar refractivity (Wildman–Crippen MR) is 113 cm³/mol. The Morgan fingerprint density at radius 2 is 1.97 bits per heavy atom. The van der Waals surface area contributed by atoms with Gasteiger partial charge in [-0.15, -0.1) is 0 Å². The number of nitrogens with one attached hydrogen (secondary N) is 1. The van der Waals surface area contributed by atoms with Crippen molar-refractivity contribution in [3.63, 3.8) is 0 Å². The van der Waals surface area contributed by atoms with Gasteiger partial charge in [0.05, 0.1) is 18.0 Å². The first-order chi connectivity index (χ1) is 14.6. The number of anilines is 2. The maximum absolute atomic E-state index is 14.7. The molecule has 1 saturated heterocycles. The maximum Gasteiger partial charge on any atom is 0.237 e. The van der Waals surface area contributed by atoms with Crippen LogP contribution in [-0.2, 0) is 9.53 Å². The molecule has 4 rings (SSSR count). The minimum Gasteiger partial charge on any atom is -0.383 e. The SMILES string of the molecule is COCCN1CCN(c2ccc(N=CC3C(=O)Nc4cccc(F)c43)cc2F)CC1. The summed E-state index contributed by atoms with van der Waals surface area (Å²) in [5, 5.41) is 2.64. The summed E-state index contributed by atoms with van der Waals surface area (Å²) in [5.74, 6) is -2.00. The van der Waals surface area contributed by atoms with Crippen LogP contribution in [0.4, 0.5) is 25.8 Å². The summed E-state index contributed by atoms with van der Waals surface area (Å²) in [7, 11) is 1.68. The van der Waals surface area contributed by atoms with Gasteiger partial charge in [0.25, 0.3) is 0 Å². The lowest BCUT2D eigenvalue weighted by atomic mass is 10.0. The van der Waals surface area contributed by atoms with Gasteiger partial charge in [-0.3, -0.25) is 14.7 Å². The largest absolute Gasteiger partial charge is 0.383 e. The van der Waals surface area contributed by atoms with Crippen LogP contribution in [0, 0.1) is 11.6 Å². The molecule has 2 aliphatic rings. The molecule has 0 spiro atoms. The van der Waals surface area contributed by atoms with Gasteiger partial charge in [0, 0.05) is 63.4 Å². The molecule has 6 nitrogen and oxygen atoms in total. The van der Waals surface area contributed by atoms with Crippen molar-refractivity contribution < 1.29 is 18.3 Å². The van der Waals surface area contributed by atoms with Crippen LogP contribution in [-0.4, -0.2) is 63.5 Å². The third kappa shape index (κ3) is 4.20. The number of piperazine rings is 1. The Kier molecular flexibility index (Phi) is 6.06. The van der Waals surface area contributed by atoms with Crippen LogP contribution in [0.2, 0.25) is 0 Å². The van der Waals surface area contributed by atoms with Crippen LogP contribution in [0.5, 0.6) is 0 Å². The topological polar surface area (TPSA) is 57.2 Å². The Hall–Kier alpha value is -2.84. The van der Waals surface area contributed by atoms with Crippen molar-refractivity contribution in [2.75, 3.05) is 56.7 Å². The van der Waals surface area contributed by atoms with Crippen molar-refractivity contribution in [1.82, 2.24) is 4.90 Å². The molecule has 2 aromatic carbocycles. The number of carbonyl (C=O) groups excluding carboxylic acids is 1. The van der Waals surface area contributed by atoms with E-state index in [1.165, 1.54) is 18.3 Å². The molecule has 1 unspecified atom stereocenters. The summed E-state index contributed by atoms with van der Waals surface area (Å²) in [6.45, 7) is 4.74. The number of benzene rings is 2. The number of methoxy groups -OCH3 is 1. The number of ether oxygens (including phenoxy) is 1. The number of hydrogen-bond acceptors (Lipinski definition) is 5. The van der Waals surface area contributed by atoms with E-state index in [4.69, 9.17) is 4.74 Å². The molecule has 0 bridgehead atoms. The second kappa shape index (κ2) is 8.89. The number of halogens is 2. The Bertz CT molecular complexity index is 958. The van der Waals surface area contributed by atoms with Crippen molar-refractivity contribution >= 4 is 29.2 Å². The Labute approximate surface area is 174 Å². The van der Waals surface area contributed by atoms with Gasteiger partial charge in [0.2, 0.25) is 5.91 Å². The van der Waals surface area contributed by atoms with E-state index in [2.05, 4.69) is 15.2 Å². The molecule has 2 heterocycles. The monoisotopic (exact) mass is 414 g/mol. The molecule has 1 N–H and O–H groups in total. The number of hydrogen-bond donors (Lipinski definition) is 1. The fourth-order valence-corrected chi connectivity index (χ4v) is 3.87.